The van der Waals surface area contributed by atoms with Crippen molar-refractivity contribution in [1.29, 1.82) is 0 Å². The molecule has 0 atom stereocenters. The Kier molecular flexibility index (Phi) is 6.59. The molecule has 1 nitrogen and oxygen atoms in total. The van der Waals surface area contributed by atoms with E-state index in [0.29, 0.717) is 0 Å². The molecule has 0 aliphatic rings. The molecule has 0 heterocycles. The summed E-state index contributed by atoms with van der Waals surface area (Å²) in [5.41, 5.74) is 10.8. The zero-order valence-corrected chi connectivity index (χ0v) is 20.2. The minimum Gasteiger partial charge on any atom is -0.310 e. The van der Waals surface area contributed by atoms with E-state index in [2.05, 4.69) is 158 Å². The van der Waals surface area contributed by atoms with Gasteiger partial charge in [-0.15, -0.1) is 0 Å². The predicted molar refractivity (Wildman–Crippen MR) is 150 cm³/mol. The summed E-state index contributed by atoms with van der Waals surface area (Å²) in [6, 6.07) is 47.4. The number of aryl methyl sites for hydroxylation is 2. The molecule has 0 N–H and O–H groups in total. The molecule has 0 unspecified atom stereocenters. The van der Waals surface area contributed by atoms with Gasteiger partial charge in [0.05, 0.1) is 0 Å². The van der Waals surface area contributed by atoms with E-state index in [9.17, 15) is 0 Å². The number of hydrogen-bond donors (Lipinski definition) is 0. The first-order chi connectivity index (χ1) is 17.2. The lowest BCUT2D eigenvalue weighted by Crippen LogP contribution is -2.10. The van der Waals surface area contributed by atoms with E-state index >= 15 is 0 Å². The Morgan fingerprint density at radius 2 is 1.03 bits per heavy atom. The number of rotatable bonds is 6. The normalized spacial score (nSPS) is 10.6. The van der Waals surface area contributed by atoms with Crippen molar-refractivity contribution in [2.75, 3.05) is 4.90 Å². The van der Waals surface area contributed by atoms with Crippen LogP contribution in [-0.4, -0.2) is 0 Å². The van der Waals surface area contributed by atoms with Crippen molar-refractivity contribution in [3.8, 4) is 0 Å². The Morgan fingerprint density at radius 1 is 0.486 bits per heavy atom. The van der Waals surface area contributed by atoms with Crippen molar-refractivity contribution in [3.63, 3.8) is 0 Å². The van der Waals surface area contributed by atoms with Crippen LogP contribution in [0.1, 0.15) is 27.8 Å². The summed E-state index contributed by atoms with van der Waals surface area (Å²) in [4.78, 5) is 2.31. The van der Waals surface area contributed by atoms with Crippen molar-refractivity contribution in [2.45, 2.75) is 13.8 Å². The molecule has 5 aromatic rings. The summed E-state index contributed by atoms with van der Waals surface area (Å²) >= 11 is 0. The van der Waals surface area contributed by atoms with E-state index in [1.807, 2.05) is 0 Å². The SMILES string of the molecule is Cc1ccc(N(c2ccc(C=C(c3ccccc3)c3ccccc3)cc2)c2cccc(C)c2)cc1. The van der Waals surface area contributed by atoms with Gasteiger partial charge in [0.1, 0.15) is 0 Å². The Morgan fingerprint density at radius 3 is 1.57 bits per heavy atom. The maximum absolute atomic E-state index is 2.31. The maximum atomic E-state index is 2.31. The molecule has 0 saturated carbocycles. The monoisotopic (exact) mass is 451 g/mol. The van der Waals surface area contributed by atoms with Crippen LogP contribution < -0.4 is 4.90 Å². The molecular weight excluding hydrogens is 422 g/mol. The molecule has 0 spiro atoms. The van der Waals surface area contributed by atoms with Gasteiger partial charge in [0.2, 0.25) is 0 Å². The Bertz CT molecular complexity index is 1370. The quantitative estimate of drug-likeness (QED) is 0.232. The fraction of sp³-hybridized carbons (Fsp3) is 0.0588. The van der Waals surface area contributed by atoms with Crippen LogP contribution in [0.3, 0.4) is 0 Å². The minimum absolute atomic E-state index is 1.14. The third-order valence-corrected chi connectivity index (χ3v) is 6.18. The second-order valence-electron chi connectivity index (χ2n) is 8.89. The van der Waals surface area contributed by atoms with Crippen LogP contribution in [0.15, 0.2) is 133 Å². The van der Waals surface area contributed by atoms with Gasteiger partial charge in [0.25, 0.3) is 0 Å². The summed E-state index contributed by atoms with van der Waals surface area (Å²) in [5, 5.41) is 0. The van der Waals surface area contributed by atoms with Gasteiger partial charge >= 0.3 is 0 Å². The zero-order chi connectivity index (χ0) is 24.0. The zero-order valence-electron chi connectivity index (χ0n) is 20.2. The summed E-state index contributed by atoms with van der Waals surface area (Å²) in [5.74, 6) is 0. The van der Waals surface area contributed by atoms with Crippen LogP contribution in [0, 0.1) is 13.8 Å². The second kappa shape index (κ2) is 10.3. The molecule has 0 fully saturated rings. The van der Waals surface area contributed by atoms with Gasteiger partial charge in [-0.25, -0.2) is 0 Å². The van der Waals surface area contributed by atoms with E-state index in [-0.39, 0.29) is 0 Å². The fourth-order valence-electron chi connectivity index (χ4n) is 4.36. The lowest BCUT2D eigenvalue weighted by molar-refractivity contribution is 1.26. The van der Waals surface area contributed by atoms with Crippen molar-refractivity contribution in [2.24, 2.45) is 0 Å². The summed E-state index contributed by atoms with van der Waals surface area (Å²) in [7, 11) is 0. The Hall–Kier alpha value is -4.36. The molecule has 170 valence electrons. The fourth-order valence-corrected chi connectivity index (χ4v) is 4.36. The molecule has 0 amide bonds. The van der Waals surface area contributed by atoms with Gasteiger partial charge in [-0.2, -0.15) is 0 Å². The highest BCUT2D eigenvalue weighted by Crippen LogP contribution is 2.35. The molecule has 0 bridgehead atoms. The van der Waals surface area contributed by atoms with Gasteiger partial charge < -0.3 is 4.90 Å². The van der Waals surface area contributed by atoms with E-state index in [4.69, 9.17) is 0 Å². The Labute approximate surface area is 208 Å². The topological polar surface area (TPSA) is 3.24 Å². The van der Waals surface area contributed by atoms with Crippen molar-refractivity contribution >= 4 is 28.7 Å². The second-order valence-corrected chi connectivity index (χ2v) is 8.89. The average Bonchev–Trinajstić information content (AvgIpc) is 2.90. The van der Waals surface area contributed by atoms with Crippen LogP contribution in [0.5, 0.6) is 0 Å². The van der Waals surface area contributed by atoms with Gasteiger partial charge in [0.15, 0.2) is 0 Å². The summed E-state index contributed by atoms with van der Waals surface area (Å²) in [6.07, 6.45) is 2.28. The minimum atomic E-state index is 1.14. The maximum Gasteiger partial charge on any atom is 0.0464 e. The van der Waals surface area contributed by atoms with Crippen LogP contribution in [0.25, 0.3) is 11.6 Å². The third-order valence-electron chi connectivity index (χ3n) is 6.18. The standard InChI is InChI=1S/C34H29N/c1-26-16-20-31(21-17-26)35(33-15-9-10-27(2)24-33)32-22-18-28(19-23-32)25-34(29-11-5-3-6-12-29)30-13-7-4-8-14-30/h3-25H,1-2H3. The number of nitrogens with zero attached hydrogens (tertiary/aromatic N) is 1. The van der Waals surface area contributed by atoms with Crippen LogP contribution >= 0.6 is 0 Å². The smallest absolute Gasteiger partial charge is 0.0464 e. The summed E-state index contributed by atoms with van der Waals surface area (Å²) < 4.78 is 0. The van der Waals surface area contributed by atoms with Gasteiger partial charge in [-0.1, -0.05) is 103 Å². The first kappa shape index (κ1) is 22.4. The molecule has 5 aromatic carbocycles. The molecule has 5 rings (SSSR count). The third kappa shape index (κ3) is 5.26. The van der Waals surface area contributed by atoms with Crippen molar-refractivity contribution in [3.05, 3.63) is 161 Å². The van der Waals surface area contributed by atoms with Crippen molar-refractivity contribution < 1.29 is 0 Å². The van der Waals surface area contributed by atoms with Crippen LogP contribution in [0.4, 0.5) is 17.1 Å². The summed E-state index contributed by atoms with van der Waals surface area (Å²) in [6.45, 7) is 4.26. The molecule has 0 radical (unpaired) electrons. The highest BCUT2D eigenvalue weighted by atomic mass is 15.1. The predicted octanol–water partition coefficient (Wildman–Crippen LogP) is 9.36. The lowest BCUT2D eigenvalue weighted by atomic mass is 9.95. The number of anilines is 3. The van der Waals surface area contributed by atoms with Gasteiger partial charge in [-0.05, 0) is 84.1 Å². The molecular formula is C34H29N. The molecule has 0 saturated heterocycles. The van der Waals surface area contributed by atoms with E-state index in [1.54, 1.807) is 0 Å². The van der Waals surface area contributed by atoms with Crippen LogP contribution in [0.2, 0.25) is 0 Å². The first-order valence-electron chi connectivity index (χ1n) is 12.0. The molecule has 35 heavy (non-hydrogen) atoms. The molecule has 1 heteroatoms. The van der Waals surface area contributed by atoms with E-state index < -0.39 is 0 Å². The van der Waals surface area contributed by atoms with Crippen molar-refractivity contribution in [1.82, 2.24) is 0 Å². The highest BCUT2D eigenvalue weighted by molar-refractivity contribution is 5.91. The highest BCUT2D eigenvalue weighted by Gasteiger charge is 2.13. The van der Waals surface area contributed by atoms with Crippen LogP contribution in [-0.2, 0) is 0 Å². The molecule has 0 aliphatic heterocycles. The van der Waals surface area contributed by atoms with Gasteiger partial charge in [-0.3, -0.25) is 0 Å². The first-order valence-corrected chi connectivity index (χ1v) is 12.0. The Balaban J connectivity index is 1.55. The lowest BCUT2D eigenvalue weighted by Gasteiger charge is -2.26. The molecule has 0 aliphatic carbocycles. The van der Waals surface area contributed by atoms with E-state index in [0.717, 1.165) is 17.1 Å². The largest absolute Gasteiger partial charge is 0.310 e. The number of benzene rings is 5. The van der Waals surface area contributed by atoms with E-state index in [1.165, 1.54) is 33.4 Å². The molecule has 0 aromatic heterocycles. The number of hydrogen-bond acceptors (Lipinski definition) is 1. The average molecular weight is 452 g/mol. The van der Waals surface area contributed by atoms with Gasteiger partial charge in [0, 0.05) is 17.1 Å².